The molecule has 7 nitrogen and oxygen atoms in total. The van der Waals surface area contributed by atoms with Gasteiger partial charge in [0.1, 0.15) is 11.7 Å². The van der Waals surface area contributed by atoms with E-state index in [1.165, 1.54) is 24.2 Å². The number of urea groups is 1. The highest BCUT2D eigenvalue weighted by Gasteiger charge is 2.30. The van der Waals surface area contributed by atoms with Crippen molar-refractivity contribution in [2.75, 3.05) is 27.2 Å². The number of nitrogens with one attached hydrogen (secondary N) is 1. The lowest BCUT2D eigenvalue weighted by molar-refractivity contribution is 0.0818. The number of carbonyl (C=O) groups excluding carboxylic acids is 2. The van der Waals surface area contributed by atoms with Crippen LogP contribution in [0, 0.1) is 0 Å². The van der Waals surface area contributed by atoms with Gasteiger partial charge in [0.05, 0.1) is 6.54 Å². The van der Waals surface area contributed by atoms with E-state index in [1.807, 2.05) is 0 Å². The number of pyridine rings is 1. The van der Waals surface area contributed by atoms with E-state index in [4.69, 9.17) is 4.74 Å². The van der Waals surface area contributed by atoms with Gasteiger partial charge in [-0.15, -0.1) is 0 Å². The van der Waals surface area contributed by atoms with Crippen molar-refractivity contribution in [3.05, 3.63) is 23.9 Å². The first kappa shape index (κ1) is 18.5. The third kappa shape index (κ3) is 4.45. The maximum Gasteiger partial charge on any atom is 0.317 e. The summed E-state index contributed by atoms with van der Waals surface area (Å²) in [5, 5.41) is 3.14. The Kier molecular flexibility index (Phi) is 5.96. The quantitative estimate of drug-likeness (QED) is 0.894. The molecular formula is C19H28N4O3. The average molecular weight is 360 g/mol. The molecule has 3 rings (SSSR count). The Balaban J connectivity index is 1.56. The minimum Gasteiger partial charge on any atom is -0.472 e. The second-order valence-electron chi connectivity index (χ2n) is 7.31. The zero-order valence-electron chi connectivity index (χ0n) is 15.6. The van der Waals surface area contributed by atoms with E-state index in [0.29, 0.717) is 30.6 Å². The van der Waals surface area contributed by atoms with E-state index < -0.39 is 0 Å². The van der Waals surface area contributed by atoms with Crippen molar-refractivity contribution < 1.29 is 14.3 Å². The van der Waals surface area contributed by atoms with E-state index in [9.17, 15) is 9.59 Å². The molecule has 0 aromatic carbocycles. The summed E-state index contributed by atoms with van der Waals surface area (Å²) in [5.74, 6) is 0.198. The van der Waals surface area contributed by atoms with Gasteiger partial charge in [-0.1, -0.05) is 19.3 Å². The number of hydrogen-bond donors (Lipinski definition) is 1. The van der Waals surface area contributed by atoms with Gasteiger partial charge >= 0.3 is 6.03 Å². The molecule has 142 valence electrons. The zero-order valence-corrected chi connectivity index (χ0v) is 15.6. The fourth-order valence-corrected chi connectivity index (χ4v) is 3.57. The molecule has 1 unspecified atom stereocenters. The lowest BCUT2D eigenvalue weighted by atomic mass is 9.96. The van der Waals surface area contributed by atoms with E-state index in [0.717, 1.165) is 19.3 Å². The Labute approximate surface area is 154 Å². The number of amides is 3. The second-order valence-corrected chi connectivity index (χ2v) is 7.31. The smallest absolute Gasteiger partial charge is 0.317 e. The maximum atomic E-state index is 12.5. The number of nitrogens with zero attached hydrogens (tertiary/aromatic N) is 3. The van der Waals surface area contributed by atoms with Gasteiger partial charge in [-0.3, -0.25) is 4.79 Å². The van der Waals surface area contributed by atoms with Crippen LogP contribution < -0.4 is 10.1 Å². The van der Waals surface area contributed by atoms with Crippen molar-refractivity contribution >= 4 is 11.9 Å². The molecule has 1 atom stereocenters. The average Bonchev–Trinajstić information content (AvgIpc) is 3.11. The second kappa shape index (κ2) is 8.38. The van der Waals surface area contributed by atoms with Crippen LogP contribution in [-0.4, -0.2) is 66.1 Å². The van der Waals surface area contributed by atoms with Crippen LogP contribution in [-0.2, 0) is 0 Å². The monoisotopic (exact) mass is 360 g/mol. The molecule has 0 bridgehead atoms. The number of likely N-dealkylation sites (tertiary alicyclic amines) is 1. The highest BCUT2D eigenvalue weighted by atomic mass is 16.5. The van der Waals surface area contributed by atoms with Crippen molar-refractivity contribution in [1.29, 1.82) is 0 Å². The van der Waals surface area contributed by atoms with Crippen molar-refractivity contribution in [2.24, 2.45) is 0 Å². The van der Waals surface area contributed by atoms with Crippen molar-refractivity contribution in [1.82, 2.24) is 20.1 Å². The Morgan fingerprint density at radius 3 is 2.73 bits per heavy atom. The van der Waals surface area contributed by atoms with E-state index in [2.05, 4.69) is 10.3 Å². The van der Waals surface area contributed by atoms with Gasteiger partial charge in [-0.2, -0.15) is 0 Å². The third-order valence-corrected chi connectivity index (χ3v) is 5.05. The molecule has 1 aromatic rings. The van der Waals surface area contributed by atoms with Gasteiger partial charge in [0.2, 0.25) is 5.88 Å². The first-order valence-electron chi connectivity index (χ1n) is 9.43. The summed E-state index contributed by atoms with van der Waals surface area (Å²) in [6.07, 6.45) is 8.01. The summed E-state index contributed by atoms with van der Waals surface area (Å²) in [4.78, 5) is 32.2. The molecule has 1 N–H and O–H groups in total. The van der Waals surface area contributed by atoms with Crippen LogP contribution in [0.1, 0.15) is 48.9 Å². The Hall–Kier alpha value is -2.31. The predicted molar refractivity (Wildman–Crippen MR) is 98.3 cm³/mol. The Morgan fingerprint density at radius 2 is 2.00 bits per heavy atom. The fourth-order valence-electron chi connectivity index (χ4n) is 3.57. The molecule has 0 spiro atoms. The highest BCUT2D eigenvalue weighted by Crippen LogP contribution is 2.22. The number of aromatic nitrogens is 1. The van der Waals surface area contributed by atoms with Gasteiger partial charge in [-0.25, -0.2) is 9.78 Å². The molecule has 1 aliphatic heterocycles. The molecule has 7 heteroatoms. The van der Waals surface area contributed by atoms with Gasteiger partial charge in [0.25, 0.3) is 5.91 Å². The molecule has 26 heavy (non-hydrogen) atoms. The SMILES string of the molecule is CN(C)C(=O)c1cccnc1OC1CCN(C(=O)NC2CCCCC2)C1. The van der Waals surface area contributed by atoms with Crippen LogP contribution in [0.2, 0.25) is 0 Å². The first-order chi connectivity index (χ1) is 12.5. The predicted octanol–water partition coefficient (Wildman–Crippen LogP) is 2.28. The first-order valence-corrected chi connectivity index (χ1v) is 9.43. The summed E-state index contributed by atoms with van der Waals surface area (Å²) < 4.78 is 5.97. The van der Waals surface area contributed by atoms with Crippen molar-refractivity contribution in [3.63, 3.8) is 0 Å². The molecule has 3 amide bonds. The Bertz CT molecular complexity index is 643. The molecule has 0 radical (unpaired) electrons. The summed E-state index contributed by atoms with van der Waals surface area (Å²) in [6.45, 7) is 1.18. The molecule has 1 saturated carbocycles. The van der Waals surface area contributed by atoms with Gasteiger partial charge in [-0.05, 0) is 25.0 Å². The highest BCUT2D eigenvalue weighted by molar-refractivity contribution is 5.96. The van der Waals surface area contributed by atoms with Crippen LogP contribution >= 0.6 is 0 Å². The van der Waals surface area contributed by atoms with Gasteiger partial charge < -0.3 is 19.9 Å². The van der Waals surface area contributed by atoms with Gasteiger partial charge in [0.15, 0.2) is 0 Å². The van der Waals surface area contributed by atoms with Crippen LogP contribution in [0.3, 0.4) is 0 Å². The third-order valence-electron chi connectivity index (χ3n) is 5.05. The lowest BCUT2D eigenvalue weighted by Crippen LogP contribution is -2.45. The number of ether oxygens (including phenoxy) is 1. The molecule has 2 aliphatic rings. The molecule has 1 aromatic heterocycles. The minimum atomic E-state index is -0.143. The van der Waals surface area contributed by atoms with Crippen LogP contribution in [0.15, 0.2) is 18.3 Å². The van der Waals surface area contributed by atoms with Crippen LogP contribution in [0.5, 0.6) is 5.88 Å². The molecular weight excluding hydrogens is 332 g/mol. The summed E-state index contributed by atoms with van der Waals surface area (Å²) >= 11 is 0. The topological polar surface area (TPSA) is 74.8 Å². The molecule has 2 fully saturated rings. The molecule has 2 heterocycles. The number of carbonyl (C=O) groups is 2. The molecule has 1 saturated heterocycles. The van der Waals surface area contributed by atoms with E-state index >= 15 is 0 Å². The van der Waals surface area contributed by atoms with Crippen LogP contribution in [0.25, 0.3) is 0 Å². The summed E-state index contributed by atoms with van der Waals surface area (Å²) in [6, 6.07) is 3.74. The minimum absolute atomic E-state index is 0.00591. The summed E-state index contributed by atoms with van der Waals surface area (Å²) in [5.41, 5.74) is 0.447. The van der Waals surface area contributed by atoms with E-state index in [-0.39, 0.29) is 18.0 Å². The van der Waals surface area contributed by atoms with Gasteiger partial charge in [0, 0.05) is 39.3 Å². The standard InChI is InChI=1S/C19H28N4O3/c1-22(2)18(24)16-9-6-11-20-17(16)26-15-10-12-23(13-15)19(25)21-14-7-4-3-5-8-14/h6,9,11,14-15H,3-5,7-8,10,12-13H2,1-2H3,(H,21,25). The maximum absolute atomic E-state index is 12.5. The zero-order chi connectivity index (χ0) is 18.5. The Morgan fingerprint density at radius 1 is 1.23 bits per heavy atom. The summed E-state index contributed by atoms with van der Waals surface area (Å²) in [7, 11) is 3.40. The number of rotatable bonds is 4. The van der Waals surface area contributed by atoms with E-state index in [1.54, 1.807) is 37.3 Å². The lowest BCUT2D eigenvalue weighted by Gasteiger charge is -2.26. The number of hydrogen-bond acceptors (Lipinski definition) is 4. The largest absolute Gasteiger partial charge is 0.472 e. The van der Waals surface area contributed by atoms with Crippen molar-refractivity contribution in [2.45, 2.75) is 50.7 Å². The molecule has 1 aliphatic carbocycles. The van der Waals surface area contributed by atoms with Crippen LogP contribution in [0.4, 0.5) is 4.79 Å². The fraction of sp³-hybridized carbons (Fsp3) is 0.632. The van der Waals surface area contributed by atoms with Crippen molar-refractivity contribution in [3.8, 4) is 5.88 Å². The normalized spacial score (nSPS) is 20.7.